The minimum atomic E-state index is -0.413. The molecule has 1 aromatic carbocycles. The molecule has 0 heterocycles. The molecule has 0 amide bonds. The highest BCUT2D eigenvalue weighted by Crippen LogP contribution is 2.09. The van der Waals surface area contributed by atoms with Crippen LogP contribution in [0, 0.1) is 5.82 Å². The summed E-state index contributed by atoms with van der Waals surface area (Å²) in [5, 5.41) is 8.56. The zero-order chi connectivity index (χ0) is 7.56. The van der Waals surface area contributed by atoms with Crippen molar-refractivity contribution in [2.75, 3.05) is 5.73 Å². The Kier molecular flexibility index (Phi) is 1.87. The van der Waals surface area contributed by atoms with Crippen LogP contribution in [0.15, 0.2) is 18.2 Å². The Morgan fingerprint density at radius 3 is 2.60 bits per heavy atom. The van der Waals surface area contributed by atoms with E-state index in [-0.39, 0.29) is 6.61 Å². The lowest BCUT2D eigenvalue weighted by atomic mass is 10.2. The highest BCUT2D eigenvalue weighted by atomic mass is 19.1. The van der Waals surface area contributed by atoms with E-state index in [9.17, 15) is 4.39 Å². The van der Waals surface area contributed by atoms with Crippen molar-refractivity contribution in [1.29, 1.82) is 0 Å². The first-order valence-electron chi connectivity index (χ1n) is 2.88. The van der Waals surface area contributed by atoms with Gasteiger partial charge in [-0.05, 0) is 23.8 Å². The molecule has 0 unspecified atom stereocenters. The van der Waals surface area contributed by atoms with Crippen molar-refractivity contribution < 1.29 is 9.50 Å². The fourth-order valence-corrected chi connectivity index (χ4v) is 0.767. The molecule has 1 rings (SSSR count). The number of nitrogens with two attached hydrogens (primary N) is 1. The van der Waals surface area contributed by atoms with Crippen molar-refractivity contribution in [3.63, 3.8) is 0 Å². The number of rotatable bonds is 1. The Morgan fingerprint density at radius 1 is 1.40 bits per heavy atom. The summed E-state index contributed by atoms with van der Waals surface area (Å²) in [6, 6.07) is 3.98. The fraction of sp³-hybridized carbons (Fsp3) is 0.143. The third-order valence-corrected chi connectivity index (χ3v) is 1.16. The third kappa shape index (κ3) is 1.45. The molecule has 0 bridgehead atoms. The highest BCUT2D eigenvalue weighted by molar-refractivity contribution is 5.41. The average Bonchev–Trinajstić information content (AvgIpc) is 1.85. The summed E-state index contributed by atoms with van der Waals surface area (Å²) in [5.74, 6) is -0.413. The Hall–Kier alpha value is -1.09. The first-order chi connectivity index (χ1) is 4.72. The minimum absolute atomic E-state index is 0.179. The predicted octanol–water partition coefficient (Wildman–Crippen LogP) is 0.900. The van der Waals surface area contributed by atoms with Crippen LogP contribution in [0.2, 0.25) is 0 Å². The van der Waals surface area contributed by atoms with Gasteiger partial charge in [0.2, 0.25) is 0 Å². The first-order valence-corrected chi connectivity index (χ1v) is 2.88. The second kappa shape index (κ2) is 2.66. The molecule has 54 valence electrons. The molecule has 0 aromatic heterocycles. The molecule has 2 nitrogen and oxygen atoms in total. The molecule has 0 saturated heterocycles. The van der Waals surface area contributed by atoms with Gasteiger partial charge in [0.25, 0.3) is 0 Å². The summed E-state index contributed by atoms with van der Waals surface area (Å²) < 4.78 is 12.4. The van der Waals surface area contributed by atoms with Crippen molar-refractivity contribution in [1.82, 2.24) is 0 Å². The molecule has 0 aliphatic heterocycles. The number of nitrogen functional groups attached to an aromatic ring is 1. The Morgan fingerprint density at radius 2 is 2.10 bits per heavy atom. The van der Waals surface area contributed by atoms with Crippen LogP contribution in [-0.2, 0) is 6.61 Å². The zero-order valence-corrected chi connectivity index (χ0v) is 5.34. The van der Waals surface area contributed by atoms with Gasteiger partial charge in [0, 0.05) is 5.69 Å². The number of aliphatic hydroxyl groups is 1. The van der Waals surface area contributed by atoms with Crippen molar-refractivity contribution in [2.24, 2.45) is 0 Å². The topological polar surface area (TPSA) is 46.2 Å². The Balaban J connectivity index is 3.06. The molecule has 0 atom stereocenters. The predicted molar refractivity (Wildman–Crippen MR) is 36.7 cm³/mol. The molecule has 3 N–H and O–H groups in total. The van der Waals surface area contributed by atoms with Crippen LogP contribution in [0.4, 0.5) is 10.1 Å². The molecule has 10 heavy (non-hydrogen) atoms. The standard InChI is InChI=1S/C7H8FNO/c8-6-1-5(4-10)2-7(9)3-6/h1-3,10H,4,9H2. The number of halogens is 1. The van der Waals surface area contributed by atoms with Crippen LogP contribution in [0.1, 0.15) is 5.56 Å². The number of benzene rings is 1. The van der Waals surface area contributed by atoms with E-state index in [1.54, 1.807) is 0 Å². The van der Waals surface area contributed by atoms with Gasteiger partial charge in [-0.1, -0.05) is 0 Å². The van der Waals surface area contributed by atoms with E-state index >= 15 is 0 Å². The molecule has 0 saturated carbocycles. The van der Waals surface area contributed by atoms with E-state index in [1.807, 2.05) is 0 Å². The zero-order valence-electron chi connectivity index (χ0n) is 5.34. The van der Waals surface area contributed by atoms with Crippen molar-refractivity contribution in [3.8, 4) is 0 Å². The normalized spacial score (nSPS) is 9.80. The van der Waals surface area contributed by atoms with Crippen molar-refractivity contribution >= 4 is 5.69 Å². The third-order valence-electron chi connectivity index (χ3n) is 1.16. The van der Waals surface area contributed by atoms with Crippen LogP contribution in [0.25, 0.3) is 0 Å². The quantitative estimate of drug-likeness (QED) is 0.571. The smallest absolute Gasteiger partial charge is 0.125 e. The van der Waals surface area contributed by atoms with Gasteiger partial charge in [0.15, 0.2) is 0 Å². The first kappa shape index (κ1) is 7.02. The maximum atomic E-state index is 12.4. The highest BCUT2D eigenvalue weighted by Gasteiger charge is 1.95. The van der Waals surface area contributed by atoms with Gasteiger partial charge >= 0.3 is 0 Å². The number of anilines is 1. The van der Waals surface area contributed by atoms with Gasteiger partial charge in [-0.25, -0.2) is 4.39 Å². The maximum Gasteiger partial charge on any atom is 0.125 e. The molecular weight excluding hydrogens is 133 g/mol. The molecule has 0 spiro atoms. The molecule has 0 aliphatic carbocycles. The van der Waals surface area contributed by atoms with Crippen molar-refractivity contribution in [2.45, 2.75) is 6.61 Å². The summed E-state index contributed by atoms with van der Waals surface area (Å²) >= 11 is 0. The monoisotopic (exact) mass is 141 g/mol. The number of hydrogen-bond acceptors (Lipinski definition) is 2. The summed E-state index contributed by atoms with van der Waals surface area (Å²) in [6.45, 7) is -0.179. The van der Waals surface area contributed by atoms with Gasteiger partial charge in [0.05, 0.1) is 6.61 Å². The van der Waals surface area contributed by atoms with E-state index in [2.05, 4.69) is 0 Å². The SMILES string of the molecule is Nc1cc(F)cc(CO)c1. The lowest BCUT2D eigenvalue weighted by molar-refractivity contribution is 0.281. The lowest BCUT2D eigenvalue weighted by Gasteiger charge is -1.97. The summed E-state index contributed by atoms with van der Waals surface area (Å²) in [5.41, 5.74) is 6.12. The van der Waals surface area contributed by atoms with Gasteiger partial charge in [-0.2, -0.15) is 0 Å². The largest absolute Gasteiger partial charge is 0.399 e. The molecular formula is C7H8FNO. The molecule has 3 heteroatoms. The summed E-state index contributed by atoms with van der Waals surface area (Å²) in [7, 11) is 0. The van der Waals surface area contributed by atoms with Gasteiger partial charge in [-0.3, -0.25) is 0 Å². The van der Waals surface area contributed by atoms with Crippen LogP contribution in [-0.4, -0.2) is 5.11 Å². The minimum Gasteiger partial charge on any atom is -0.399 e. The fourth-order valence-electron chi connectivity index (χ4n) is 0.767. The van der Waals surface area contributed by atoms with E-state index in [1.165, 1.54) is 18.2 Å². The summed E-state index contributed by atoms with van der Waals surface area (Å²) in [4.78, 5) is 0. The van der Waals surface area contributed by atoms with Crippen LogP contribution >= 0.6 is 0 Å². The second-order valence-corrected chi connectivity index (χ2v) is 2.05. The van der Waals surface area contributed by atoms with E-state index in [0.29, 0.717) is 11.3 Å². The summed E-state index contributed by atoms with van der Waals surface area (Å²) in [6.07, 6.45) is 0. The van der Waals surface area contributed by atoms with Crippen molar-refractivity contribution in [3.05, 3.63) is 29.6 Å². The van der Waals surface area contributed by atoms with Gasteiger partial charge in [0.1, 0.15) is 5.82 Å². The molecule has 0 aliphatic rings. The average molecular weight is 141 g/mol. The van der Waals surface area contributed by atoms with Crippen LogP contribution in [0.5, 0.6) is 0 Å². The van der Waals surface area contributed by atoms with Crippen LogP contribution in [0.3, 0.4) is 0 Å². The van der Waals surface area contributed by atoms with E-state index < -0.39 is 5.82 Å². The van der Waals surface area contributed by atoms with Gasteiger partial charge in [-0.15, -0.1) is 0 Å². The number of hydrogen-bond donors (Lipinski definition) is 2. The molecule has 0 radical (unpaired) electrons. The second-order valence-electron chi connectivity index (χ2n) is 2.05. The molecule has 0 fully saturated rings. The molecule has 1 aromatic rings. The van der Waals surface area contributed by atoms with E-state index in [0.717, 1.165) is 0 Å². The van der Waals surface area contributed by atoms with Crippen LogP contribution < -0.4 is 5.73 Å². The maximum absolute atomic E-state index is 12.4. The van der Waals surface area contributed by atoms with E-state index in [4.69, 9.17) is 10.8 Å². The lowest BCUT2D eigenvalue weighted by Crippen LogP contribution is -1.90. The Labute approximate surface area is 58.1 Å². The Bertz CT molecular complexity index is 217. The van der Waals surface area contributed by atoms with Gasteiger partial charge < -0.3 is 10.8 Å². The number of aliphatic hydroxyl groups excluding tert-OH is 1.